The monoisotopic (exact) mass is 824 g/mol. The normalized spacial score (nSPS) is 20.6. The summed E-state index contributed by atoms with van der Waals surface area (Å²) in [5.74, 6) is -1.45. The van der Waals surface area contributed by atoms with Crippen LogP contribution in [0.15, 0.2) is 60.7 Å². The second-order valence-electron chi connectivity index (χ2n) is 17.4. The first-order valence-corrected chi connectivity index (χ1v) is 20.6. The molecule has 2 aliphatic heterocycles. The maximum absolute atomic E-state index is 15.1. The zero-order valence-electron chi connectivity index (χ0n) is 35.1. The van der Waals surface area contributed by atoms with Gasteiger partial charge in [-0.2, -0.15) is 5.26 Å². The molecule has 3 aromatic rings. The van der Waals surface area contributed by atoms with E-state index in [0.29, 0.717) is 34.2 Å². The summed E-state index contributed by atoms with van der Waals surface area (Å²) in [6, 6.07) is 18.3. The molecule has 0 radical (unpaired) electrons. The quantitative estimate of drug-likeness (QED) is 0.173. The van der Waals surface area contributed by atoms with Crippen molar-refractivity contribution in [3.8, 4) is 17.6 Å². The van der Waals surface area contributed by atoms with E-state index in [2.05, 4.69) is 59.1 Å². The van der Waals surface area contributed by atoms with Gasteiger partial charge in [-0.1, -0.05) is 27.7 Å². The third kappa shape index (κ3) is 9.60. The number of carbonyl (C=O) groups excluding carboxylic acids is 4. The second kappa shape index (κ2) is 18.2. The lowest BCUT2D eigenvalue weighted by atomic mass is 9.49. The molecular weight excluding hydrogens is 768 g/mol. The van der Waals surface area contributed by atoms with Gasteiger partial charge in [0.05, 0.1) is 18.2 Å². The number of anilines is 2. The highest BCUT2D eigenvalue weighted by Crippen LogP contribution is 2.55. The number of nitrogens with one attached hydrogen (secondary N) is 2. The second-order valence-corrected chi connectivity index (χ2v) is 17.4. The molecule has 6 N–H and O–H groups in total. The van der Waals surface area contributed by atoms with Gasteiger partial charge in [0, 0.05) is 92.1 Å². The molecule has 15 heteroatoms. The Labute approximate surface area is 351 Å². The van der Waals surface area contributed by atoms with E-state index in [1.807, 2.05) is 24.3 Å². The van der Waals surface area contributed by atoms with Gasteiger partial charge in [0.2, 0.25) is 11.8 Å². The van der Waals surface area contributed by atoms with Crippen LogP contribution in [0.2, 0.25) is 0 Å². The van der Waals surface area contributed by atoms with Crippen molar-refractivity contribution in [2.75, 3.05) is 62.7 Å². The van der Waals surface area contributed by atoms with Crippen molar-refractivity contribution >= 4 is 35.0 Å². The summed E-state index contributed by atoms with van der Waals surface area (Å²) >= 11 is 0. The minimum Gasteiger partial charge on any atom is -0.495 e. The lowest BCUT2D eigenvalue weighted by Crippen LogP contribution is -2.74. The van der Waals surface area contributed by atoms with Gasteiger partial charge in [0.25, 0.3) is 11.8 Å². The maximum atomic E-state index is 15.1. The summed E-state index contributed by atoms with van der Waals surface area (Å²) < 4.78 is 26.9. The van der Waals surface area contributed by atoms with Crippen molar-refractivity contribution < 1.29 is 33.0 Å². The molecule has 0 spiro atoms. The number of piperidine rings is 1. The minimum absolute atomic E-state index is 0.0614. The number of halogens is 1. The molecule has 3 aromatic carbocycles. The van der Waals surface area contributed by atoms with Crippen LogP contribution in [-0.2, 0) is 9.59 Å². The van der Waals surface area contributed by atoms with E-state index in [1.54, 1.807) is 24.3 Å². The molecular formula is C45H57FN8O6. The van der Waals surface area contributed by atoms with Crippen LogP contribution in [0.4, 0.5) is 15.8 Å². The standard InChI is InChI=1S/C45H57FN8O6/c1-44(2)42(45(3,4)43(44)60-33-12-8-30(26-47)37(25-33)59-5)51-40(57)29-6-9-31(10-7-29)53-18-16-28(17-19-53)27-52-20-22-54(23-21-52)32-11-13-34(35(46)24-32)41(58)50-36(39(49)56)14-15-38(48)55/h6-13,24-25,28,36,42-43H,14-23,27H2,1-5H3,(H2,48,55)(H2,49,56)(H,50,58)(H,51,57)/t36-,42?,43?/m0/s1. The predicted molar refractivity (Wildman–Crippen MR) is 226 cm³/mol. The minimum atomic E-state index is -1.14. The Morgan fingerprint density at radius 1 is 0.867 bits per heavy atom. The van der Waals surface area contributed by atoms with Crippen LogP contribution >= 0.6 is 0 Å². The number of nitriles is 1. The number of benzene rings is 3. The number of nitrogens with two attached hydrogens (primary N) is 2. The SMILES string of the molecule is COc1cc(OC2C(C)(C)C(NC(=O)c3ccc(N4CCC(CN5CCN(c6ccc(C(=O)N[C@@H](CCC(N)=O)C(N)=O)c(F)c6)CC5)CC4)cc3)C2(C)C)ccc1C#N. The average Bonchev–Trinajstić information content (AvgIpc) is 3.23. The van der Waals surface area contributed by atoms with Crippen molar-refractivity contribution in [3.05, 3.63) is 83.2 Å². The molecule has 6 rings (SSSR count). The Balaban J connectivity index is 0.937. The summed E-state index contributed by atoms with van der Waals surface area (Å²) in [4.78, 5) is 56.0. The fourth-order valence-corrected chi connectivity index (χ4v) is 9.43. The molecule has 0 aromatic heterocycles. The number of amides is 4. The molecule has 2 heterocycles. The van der Waals surface area contributed by atoms with Crippen molar-refractivity contribution in [2.24, 2.45) is 28.2 Å². The van der Waals surface area contributed by atoms with Crippen LogP contribution in [0.1, 0.15) is 79.7 Å². The molecule has 60 heavy (non-hydrogen) atoms. The third-order valence-corrected chi connectivity index (χ3v) is 12.6. The van der Waals surface area contributed by atoms with E-state index in [4.69, 9.17) is 20.9 Å². The fraction of sp³-hybridized carbons (Fsp3) is 0.489. The topological polar surface area (TPSA) is 196 Å². The van der Waals surface area contributed by atoms with Gasteiger partial charge in [-0.15, -0.1) is 0 Å². The summed E-state index contributed by atoms with van der Waals surface area (Å²) in [5, 5.41) is 15.0. The number of rotatable bonds is 15. The molecule has 1 aliphatic carbocycles. The van der Waals surface area contributed by atoms with Crippen molar-refractivity contribution in [1.82, 2.24) is 15.5 Å². The highest BCUT2D eigenvalue weighted by molar-refractivity contribution is 5.98. The number of nitrogens with zero attached hydrogens (tertiary/aromatic N) is 4. The van der Waals surface area contributed by atoms with Crippen LogP contribution in [0, 0.1) is 33.9 Å². The van der Waals surface area contributed by atoms with E-state index in [9.17, 15) is 24.4 Å². The fourth-order valence-electron chi connectivity index (χ4n) is 9.43. The lowest BCUT2D eigenvalue weighted by Gasteiger charge is -2.63. The van der Waals surface area contributed by atoms with Crippen LogP contribution in [0.25, 0.3) is 0 Å². The first-order valence-electron chi connectivity index (χ1n) is 20.6. The van der Waals surface area contributed by atoms with Crippen LogP contribution in [0.5, 0.6) is 11.5 Å². The molecule has 320 valence electrons. The molecule has 0 bridgehead atoms. The highest BCUT2D eigenvalue weighted by Gasteiger charge is 2.64. The first kappa shape index (κ1) is 43.7. The van der Waals surface area contributed by atoms with Crippen molar-refractivity contribution in [3.63, 3.8) is 0 Å². The van der Waals surface area contributed by atoms with E-state index in [1.165, 1.54) is 19.2 Å². The number of hydrogen-bond donors (Lipinski definition) is 4. The lowest BCUT2D eigenvalue weighted by molar-refractivity contribution is -0.164. The predicted octanol–water partition coefficient (Wildman–Crippen LogP) is 4.21. The van der Waals surface area contributed by atoms with Crippen LogP contribution in [-0.4, -0.2) is 99.6 Å². The highest BCUT2D eigenvalue weighted by atomic mass is 19.1. The smallest absolute Gasteiger partial charge is 0.254 e. The van der Waals surface area contributed by atoms with E-state index in [-0.39, 0.29) is 47.3 Å². The van der Waals surface area contributed by atoms with E-state index >= 15 is 4.39 Å². The molecule has 4 amide bonds. The van der Waals surface area contributed by atoms with Gasteiger partial charge in [0.15, 0.2) is 0 Å². The number of methoxy groups -OCH3 is 1. The van der Waals surface area contributed by atoms with Gasteiger partial charge < -0.3 is 41.4 Å². The Hall–Kier alpha value is -5.88. The number of carbonyl (C=O) groups is 4. The number of primary amides is 2. The molecule has 0 unspecified atom stereocenters. The molecule has 1 atom stereocenters. The van der Waals surface area contributed by atoms with Crippen molar-refractivity contribution in [2.45, 2.75) is 71.6 Å². The number of piperazine rings is 1. The van der Waals surface area contributed by atoms with E-state index < -0.39 is 29.6 Å². The van der Waals surface area contributed by atoms with Gasteiger partial charge >= 0.3 is 0 Å². The number of hydrogen-bond acceptors (Lipinski definition) is 10. The first-order chi connectivity index (χ1) is 28.5. The van der Waals surface area contributed by atoms with Gasteiger partial charge in [-0.05, 0) is 79.8 Å². The van der Waals surface area contributed by atoms with E-state index in [0.717, 1.165) is 64.3 Å². The molecule has 14 nitrogen and oxygen atoms in total. The number of ether oxygens (including phenoxy) is 2. The van der Waals surface area contributed by atoms with Gasteiger partial charge in [0.1, 0.15) is 35.5 Å². The summed E-state index contributed by atoms with van der Waals surface area (Å²) in [6.45, 7) is 14.4. The Morgan fingerprint density at radius 3 is 2.08 bits per heavy atom. The Bertz CT molecular complexity index is 2090. The van der Waals surface area contributed by atoms with Crippen LogP contribution in [0.3, 0.4) is 0 Å². The maximum Gasteiger partial charge on any atom is 0.254 e. The summed E-state index contributed by atoms with van der Waals surface area (Å²) in [7, 11) is 1.53. The molecule has 2 saturated heterocycles. The zero-order valence-corrected chi connectivity index (χ0v) is 35.1. The third-order valence-electron chi connectivity index (χ3n) is 12.6. The molecule has 3 aliphatic rings. The average molecular weight is 825 g/mol. The Morgan fingerprint density at radius 2 is 1.50 bits per heavy atom. The summed E-state index contributed by atoms with van der Waals surface area (Å²) in [5.41, 5.74) is 12.4. The Kier molecular flexibility index (Phi) is 13.2. The summed E-state index contributed by atoms with van der Waals surface area (Å²) in [6.07, 6.45) is 1.73. The van der Waals surface area contributed by atoms with Gasteiger partial charge in [-0.25, -0.2) is 4.39 Å². The van der Waals surface area contributed by atoms with Gasteiger partial charge in [-0.3, -0.25) is 24.1 Å². The zero-order chi connectivity index (χ0) is 43.4. The largest absolute Gasteiger partial charge is 0.495 e. The van der Waals surface area contributed by atoms with Crippen LogP contribution < -0.4 is 41.4 Å². The van der Waals surface area contributed by atoms with Crippen molar-refractivity contribution in [1.29, 1.82) is 5.26 Å². The molecule has 1 saturated carbocycles. The molecule has 3 fully saturated rings.